The number of methoxy groups -OCH3 is 3. The van der Waals surface area contributed by atoms with Gasteiger partial charge >= 0.3 is 0 Å². The molecule has 1 heterocycles. The molecule has 1 aromatic heterocycles. The molecule has 0 saturated carbocycles. The molecule has 0 spiro atoms. The summed E-state index contributed by atoms with van der Waals surface area (Å²) in [7, 11) is 6.02. The largest absolute Gasteiger partial charge is 0.493 e. The summed E-state index contributed by atoms with van der Waals surface area (Å²) >= 11 is 3.35. The van der Waals surface area contributed by atoms with E-state index >= 15 is 0 Å². The van der Waals surface area contributed by atoms with E-state index in [0.717, 1.165) is 0 Å². The van der Waals surface area contributed by atoms with E-state index in [1.807, 2.05) is 6.07 Å². The summed E-state index contributed by atoms with van der Waals surface area (Å²) < 4.78 is 17.6. The van der Waals surface area contributed by atoms with E-state index in [-0.39, 0.29) is 11.1 Å². The minimum absolute atomic E-state index is 0.259. The SMILES string of the molecule is COc1cc(C(=O)Nc2c(C#N)cnn2C)c(Br)c(OC)c1OC. The number of halogens is 1. The molecule has 2 rings (SSSR count). The number of nitrogens with zero attached hydrogens (tertiary/aromatic N) is 3. The molecule has 0 bridgehead atoms. The van der Waals surface area contributed by atoms with Crippen molar-refractivity contribution in [2.45, 2.75) is 0 Å². The predicted octanol–water partition coefficient (Wildman–Crippen LogP) is 2.33. The number of hydrogen-bond acceptors (Lipinski definition) is 6. The zero-order valence-electron chi connectivity index (χ0n) is 13.5. The molecule has 0 saturated heterocycles. The Kier molecular flexibility index (Phi) is 5.31. The number of carbonyl (C=O) groups is 1. The summed E-state index contributed by atoms with van der Waals surface area (Å²) in [5, 5.41) is 15.7. The molecule has 9 heteroatoms. The Labute approximate surface area is 147 Å². The van der Waals surface area contributed by atoms with Gasteiger partial charge in [-0.15, -0.1) is 0 Å². The Morgan fingerprint density at radius 2 is 1.96 bits per heavy atom. The van der Waals surface area contributed by atoms with Gasteiger partial charge in [-0.3, -0.25) is 9.48 Å². The lowest BCUT2D eigenvalue weighted by atomic mass is 10.1. The molecule has 0 aliphatic rings. The summed E-state index contributed by atoms with van der Waals surface area (Å²) in [6, 6.07) is 3.49. The maximum Gasteiger partial charge on any atom is 0.258 e. The standard InChI is InChI=1S/C15H15BrN4O4/c1-20-14(8(6-17)7-18-20)19-15(21)9-5-10(22-2)12(23-3)13(24-4)11(9)16/h5,7H,1-4H3,(H,19,21). The van der Waals surface area contributed by atoms with Crippen LogP contribution < -0.4 is 19.5 Å². The van der Waals surface area contributed by atoms with Crippen LogP contribution in [0, 0.1) is 11.3 Å². The van der Waals surface area contributed by atoms with Gasteiger partial charge in [-0.2, -0.15) is 10.4 Å². The minimum Gasteiger partial charge on any atom is -0.493 e. The molecular weight excluding hydrogens is 380 g/mol. The molecule has 0 fully saturated rings. The van der Waals surface area contributed by atoms with Gasteiger partial charge in [-0.25, -0.2) is 0 Å². The number of nitrogens with one attached hydrogen (secondary N) is 1. The molecule has 126 valence electrons. The molecule has 0 atom stereocenters. The first-order valence-electron chi connectivity index (χ1n) is 6.70. The highest BCUT2D eigenvalue weighted by Gasteiger charge is 2.24. The van der Waals surface area contributed by atoms with E-state index < -0.39 is 5.91 Å². The zero-order chi connectivity index (χ0) is 17.9. The summed E-state index contributed by atoms with van der Waals surface area (Å²) in [5.41, 5.74) is 0.518. The van der Waals surface area contributed by atoms with Crippen molar-refractivity contribution in [1.29, 1.82) is 5.26 Å². The summed E-state index contributed by atoms with van der Waals surface area (Å²) in [6.45, 7) is 0. The molecule has 0 unspecified atom stereocenters. The number of anilines is 1. The first-order chi connectivity index (χ1) is 11.5. The molecule has 1 amide bonds. The van der Waals surface area contributed by atoms with Crippen LogP contribution in [-0.4, -0.2) is 37.0 Å². The van der Waals surface area contributed by atoms with Crippen LogP contribution in [-0.2, 0) is 7.05 Å². The van der Waals surface area contributed by atoms with Crippen molar-refractivity contribution in [2.24, 2.45) is 7.05 Å². The number of benzene rings is 1. The Hall–Kier alpha value is -2.73. The third-order valence-corrected chi connectivity index (χ3v) is 4.09. The second kappa shape index (κ2) is 7.23. The number of aromatic nitrogens is 2. The molecule has 2 aromatic rings. The van der Waals surface area contributed by atoms with E-state index in [9.17, 15) is 4.79 Å². The van der Waals surface area contributed by atoms with Crippen LogP contribution in [0.1, 0.15) is 15.9 Å². The van der Waals surface area contributed by atoms with Crippen molar-refractivity contribution >= 4 is 27.7 Å². The molecule has 0 aliphatic carbocycles. The van der Waals surface area contributed by atoms with Gasteiger partial charge in [-0.05, 0) is 22.0 Å². The van der Waals surface area contributed by atoms with Gasteiger partial charge < -0.3 is 19.5 Å². The highest BCUT2D eigenvalue weighted by molar-refractivity contribution is 9.10. The molecule has 1 N–H and O–H groups in total. The minimum atomic E-state index is -0.457. The van der Waals surface area contributed by atoms with Gasteiger partial charge in [0.05, 0.1) is 37.6 Å². The average molecular weight is 395 g/mol. The fraction of sp³-hybridized carbons (Fsp3) is 0.267. The van der Waals surface area contributed by atoms with E-state index in [4.69, 9.17) is 19.5 Å². The van der Waals surface area contributed by atoms with Crippen molar-refractivity contribution in [3.63, 3.8) is 0 Å². The third kappa shape index (κ3) is 3.00. The highest BCUT2D eigenvalue weighted by Crippen LogP contribution is 2.44. The van der Waals surface area contributed by atoms with E-state index in [2.05, 4.69) is 26.3 Å². The third-order valence-electron chi connectivity index (χ3n) is 3.31. The monoisotopic (exact) mass is 394 g/mol. The number of carbonyl (C=O) groups excluding carboxylic acids is 1. The second-order valence-corrected chi connectivity index (χ2v) is 5.40. The van der Waals surface area contributed by atoms with Crippen molar-refractivity contribution < 1.29 is 19.0 Å². The highest BCUT2D eigenvalue weighted by atomic mass is 79.9. The van der Waals surface area contributed by atoms with Gasteiger partial charge in [0.2, 0.25) is 5.75 Å². The molecule has 1 aromatic carbocycles. The van der Waals surface area contributed by atoms with Crippen LogP contribution in [0.5, 0.6) is 17.2 Å². The normalized spacial score (nSPS) is 10.0. The maximum atomic E-state index is 12.6. The fourth-order valence-electron chi connectivity index (χ4n) is 2.13. The van der Waals surface area contributed by atoms with Crippen LogP contribution in [0.3, 0.4) is 0 Å². The van der Waals surface area contributed by atoms with Gasteiger partial charge in [-0.1, -0.05) is 0 Å². The van der Waals surface area contributed by atoms with Crippen molar-refractivity contribution in [2.75, 3.05) is 26.6 Å². The first kappa shape index (κ1) is 17.6. The van der Waals surface area contributed by atoms with Gasteiger partial charge in [0, 0.05) is 7.05 Å². The zero-order valence-corrected chi connectivity index (χ0v) is 15.1. The van der Waals surface area contributed by atoms with E-state index in [1.165, 1.54) is 38.3 Å². The molecule has 8 nitrogen and oxygen atoms in total. The molecule has 0 radical (unpaired) electrons. The Bertz CT molecular complexity index is 826. The summed E-state index contributed by atoms with van der Waals surface area (Å²) in [5.74, 6) is 0.867. The molecular formula is C15H15BrN4O4. The summed E-state index contributed by atoms with van der Waals surface area (Å²) in [4.78, 5) is 12.6. The van der Waals surface area contributed by atoms with Crippen LogP contribution in [0.2, 0.25) is 0 Å². The Morgan fingerprint density at radius 1 is 1.29 bits per heavy atom. The quantitative estimate of drug-likeness (QED) is 0.835. The second-order valence-electron chi connectivity index (χ2n) is 4.60. The Morgan fingerprint density at radius 3 is 2.50 bits per heavy atom. The van der Waals surface area contributed by atoms with Crippen LogP contribution in [0.15, 0.2) is 16.7 Å². The van der Waals surface area contributed by atoms with Gasteiger partial charge in [0.25, 0.3) is 5.91 Å². The van der Waals surface area contributed by atoms with E-state index in [1.54, 1.807) is 7.05 Å². The van der Waals surface area contributed by atoms with Crippen molar-refractivity contribution in [3.8, 4) is 23.3 Å². The molecule has 24 heavy (non-hydrogen) atoms. The lowest BCUT2D eigenvalue weighted by molar-refractivity contribution is 0.102. The Balaban J connectivity index is 2.50. The number of rotatable bonds is 5. The number of hydrogen-bond donors (Lipinski definition) is 1. The maximum absolute atomic E-state index is 12.6. The number of ether oxygens (including phenoxy) is 3. The van der Waals surface area contributed by atoms with Crippen LogP contribution in [0.4, 0.5) is 5.82 Å². The number of amides is 1. The lowest BCUT2D eigenvalue weighted by Crippen LogP contribution is -2.16. The number of nitriles is 1. The van der Waals surface area contributed by atoms with Crippen LogP contribution >= 0.6 is 15.9 Å². The van der Waals surface area contributed by atoms with Gasteiger partial charge in [0.1, 0.15) is 17.5 Å². The lowest BCUT2D eigenvalue weighted by Gasteiger charge is -2.16. The topological polar surface area (TPSA) is 98.4 Å². The van der Waals surface area contributed by atoms with Crippen LogP contribution in [0.25, 0.3) is 0 Å². The fourth-order valence-corrected chi connectivity index (χ4v) is 2.77. The van der Waals surface area contributed by atoms with E-state index in [0.29, 0.717) is 27.5 Å². The number of aryl methyl sites for hydroxylation is 1. The van der Waals surface area contributed by atoms with Crippen molar-refractivity contribution in [3.05, 3.63) is 27.9 Å². The molecule has 0 aliphatic heterocycles. The predicted molar refractivity (Wildman–Crippen MR) is 89.7 cm³/mol. The summed E-state index contributed by atoms with van der Waals surface area (Å²) in [6.07, 6.45) is 1.37. The van der Waals surface area contributed by atoms with Gasteiger partial charge in [0.15, 0.2) is 11.5 Å². The smallest absolute Gasteiger partial charge is 0.258 e. The van der Waals surface area contributed by atoms with Crippen molar-refractivity contribution in [1.82, 2.24) is 9.78 Å². The average Bonchev–Trinajstić information content (AvgIpc) is 2.94. The first-order valence-corrected chi connectivity index (χ1v) is 7.49.